The zero-order valence-electron chi connectivity index (χ0n) is 17.5. The lowest BCUT2D eigenvalue weighted by Gasteiger charge is -2.28. The van der Waals surface area contributed by atoms with E-state index in [1.165, 1.54) is 15.9 Å². The molecule has 2 amide bonds. The third-order valence-corrected chi connectivity index (χ3v) is 5.56. The first-order valence-corrected chi connectivity index (χ1v) is 10.6. The minimum absolute atomic E-state index is 0.132. The standard InChI is InChI=1S/C20H20N6O5S/c1-4-30-17(27)14-12(22-20(29)23-15(14)13-6-5-7-32-13)9-31-18(28)16-24-19-21-10(2)8-11(3)26(19)25-16/h5-8,15H,4,9H2,1-3H3,(H2,22,23,29). The Morgan fingerprint density at radius 2 is 2.03 bits per heavy atom. The van der Waals surface area contributed by atoms with Crippen molar-refractivity contribution in [3.8, 4) is 0 Å². The number of nitrogens with one attached hydrogen (secondary N) is 2. The van der Waals surface area contributed by atoms with E-state index in [1.807, 2.05) is 31.4 Å². The molecule has 1 aliphatic heterocycles. The lowest BCUT2D eigenvalue weighted by Crippen LogP contribution is -2.47. The van der Waals surface area contributed by atoms with Gasteiger partial charge in [-0.25, -0.2) is 23.9 Å². The first kappa shape index (κ1) is 21.4. The highest BCUT2D eigenvalue weighted by molar-refractivity contribution is 7.10. The van der Waals surface area contributed by atoms with Gasteiger partial charge in [-0.15, -0.1) is 16.4 Å². The summed E-state index contributed by atoms with van der Waals surface area (Å²) in [7, 11) is 0. The average Bonchev–Trinajstić information content (AvgIpc) is 3.41. The predicted molar refractivity (Wildman–Crippen MR) is 113 cm³/mol. The van der Waals surface area contributed by atoms with Crippen molar-refractivity contribution in [1.29, 1.82) is 0 Å². The summed E-state index contributed by atoms with van der Waals surface area (Å²) in [6, 6.07) is 4.16. The molecule has 0 bridgehead atoms. The molecule has 0 aliphatic carbocycles. The molecule has 3 aromatic heterocycles. The molecule has 11 nitrogen and oxygen atoms in total. The minimum Gasteiger partial charge on any atom is -0.463 e. The second-order valence-corrected chi connectivity index (χ2v) is 7.90. The monoisotopic (exact) mass is 456 g/mol. The van der Waals surface area contributed by atoms with Crippen LogP contribution in [0.3, 0.4) is 0 Å². The Labute approximate surface area is 186 Å². The third kappa shape index (κ3) is 4.17. The zero-order valence-corrected chi connectivity index (χ0v) is 18.4. The van der Waals surface area contributed by atoms with Crippen molar-refractivity contribution in [3.63, 3.8) is 0 Å². The fourth-order valence-corrected chi connectivity index (χ4v) is 4.09. The van der Waals surface area contributed by atoms with Crippen molar-refractivity contribution in [3.05, 3.63) is 56.9 Å². The number of fused-ring (bicyclic) bond motifs is 1. The summed E-state index contributed by atoms with van der Waals surface area (Å²) in [6.07, 6.45) is 0. The second kappa shape index (κ2) is 8.75. The van der Waals surface area contributed by atoms with E-state index >= 15 is 0 Å². The van der Waals surface area contributed by atoms with Crippen LogP contribution in [-0.2, 0) is 14.3 Å². The van der Waals surface area contributed by atoms with Crippen molar-refractivity contribution < 1.29 is 23.9 Å². The number of carbonyl (C=O) groups excluding carboxylic acids is 3. The number of urea groups is 1. The number of thiophene rings is 1. The number of amides is 2. The van der Waals surface area contributed by atoms with E-state index in [2.05, 4.69) is 25.7 Å². The number of aromatic nitrogens is 4. The maximum absolute atomic E-state index is 12.7. The maximum atomic E-state index is 12.7. The van der Waals surface area contributed by atoms with Gasteiger partial charge in [0.25, 0.3) is 11.6 Å². The highest BCUT2D eigenvalue weighted by Gasteiger charge is 2.35. The molecule has 0 fully saturated rings. The number of hydrogen-bond acceptors (Lipinski definition) is 9. The summed E-state index contributed by atoms with van der Waals surface area (Å²) in [6.45, 7) is 5.09. The topological polar surface area (TPSA) is 137 Å². The number of aryl methyl sites for hydroxylation is 2. The van der Waals surface area contributed by atoms with E-state index in [9.17, 15) is 14.4 Å². The van der Waals surface area contributed by atoms with Crippen molar-refractivity contribution >= 4 is 35.1 Å². The smallest absolute Gasteiger partial charge is 0.378 e. The second-order valence-electron chi connectivity index (χ2n) is 6.92. The molecule has 4 heterocycles. The van der Waals surface area contributed by atoms with Gasteiger partial charge >= 0.3 is 18.0 Å². The maximum Gasteiger partial charge on any atom is 0.378 e. The normalized spacial score (nSPS) is 16.0. The molecule has 4 rings (SSSR count). The Bertz CT molecular complexity index is 1230. The van der Waals surface area contributed by atoms with Crippen LogP contribution in [0, 0.1) is 13.8 Å². The predicted octanol–water partition coefficient (Wildman–Crippen LogP) is 1.83. The molecule has 0 spiro atoms. The van der Waals surface area contributed by atoms with Gasteiger partial charge in [0, 0.05) is 16.3 Å². The molecule has 0 saturated heterocycles. The molecule has 12 heteroatoms. The molecule has 0 aromatic carbocycles. The first-order valence-electron chi connectivity index (χ1n) is 9.76. The average molecular weight is 456 g/mol. The zero-order chi connectivity index (χ0) is 22.8. The molecule has 0 radical (unpaired) electrons. The fraction of sp³-hybridized carbons (Fsp3) is 0.300. The number of carbonyl (C=O) groups is 3. The number of hydrogen-bond donors (Lipinski definition) is 2. The van der Waals surface area contributed by atoms with Crippen LogP contribution in [0.1, 0.15) is 39.8 Å². The SMILES string of the molecule is CCOC(=O)C1=C(COC(=O)c2nc3nc(C)cc(C)n3n2)NC(=O)NC1c1cccs1. The van der Waals surface area contributed by atoms with Crippen LogP contribution in [0.5, 0.6) is 0 Å². The van der Waals surface area contributed by atoms with Gasteiger partial charge in [0.15, 0.2) is 0 Å². The highest BCUT2D eigenvalue weighted by atomic mass is 32.1. The minimum atomic E-state index is -0.816. The number of ether oxygens (including phenoxy) is 2. The van der Waals surface area contributed by atoms with Crippen molar-refractivity contribution in [2.45, 2.75) is 26.8 Å². The molecule has 3 aromatic rings. The highest BCUT2D eigenvalue weighted by Crippen LogP contribution is 2.30. The van der Waals surface area contributed by atoms with E-state index < -0.39 is 24.0 Å². The van der Waals surface area contributed by atoms with Crippen LogP contribution in [0.25, 0.3) is 5.78 Å². The van der Waals surface area contributed by atoms with Crippen LogP contribution < -0.4 is 10.6 Å². The van der Waals surface area contributed by atoms with Crippen molar-refractivity contribution in [2.75, 3.05) is 13.2 Å². The molecule has 0 saturated carbocycles. The molecular weight excluding hydrogens is 436 g/mol. The molecular formula is C20H20N6O5S. The summed E-state index contributed by atoms with van der Waals surface area (Å²) in [5, 5.41) is 11.2. The van der Waals surface area contributed by atoms with Crippen molar-refractivity contribution in [2.24, 2.45) is 0 Å². The van der Waals surface area contributed by atoms with E-state index in [0.29, 0.717) is 0 Å². The molecule has 1 atom stereocenters. The third-order valence-electron chi connectivity index (χ3n) is 4.63. The van der Waals surface area contributed by atoms with E-state index in [-0.39, 0.29) is 36.1 Å². The molecule has 1 unspecified atom stereocenters. The quantitative estimate of drug-likeness (QED) is 0.536. The van der Waals surface area contributed by atoms with Gasteiger partial charge in [-0.3, -0.25) is 0 Å². The van der Waals surface area contributed by atoms with Gasteiger partial charge in [-0.1, -0.05) is 6.07 Å². The first-order chi connectivity index (χ1) is 15.4. The van der Waals surface area contributed by atoms with Gasteiger partial charge in [0.2, 0.25) is 0 Å². The van der Waals surface area contributed by atoms with E-state index in [1.54, 1.807) is 13.0 Å². The van der Waals surface area contributed by atoms with Crippen LogP contribution in [0.4, 0.5) is 4.79 Å². The van der Waals surface area contributed by atoms with Crippen LogP contribution in [0.2, 0.25) is 0 Å². The lowest BCUT2D eigenvalue weighted by molar-refractivity contribution is -0.139. The Morgan fingerprint density at radius 3 is 2.75 bits per heavy atom. The summed E-state index contributed by atoms with van der Waals surface area (Å²) < 4.78 is 11.9. The van der Waals surface area contributed by atoms with Crippen LogP contribution in [0.15, 0.2) is 34.8 Å². The molecule has 2 N–H and O–H groups in total. The fourth-order valence-electron chi connectivity index (χ4n) is 3.31. The van der Waals surface area contributed by atoms with Gasteiger partial charge in [0.1, 0.15) is 6.61 Å². The summed E-state index contributed by atoms with van der Waals surface area (Å²) in [4.78, 5) is 46.6. The van der Waals surface area contributed by atoms with Gasteiger partial charge < -0.3 is 20.1 Å². The molecule has 1 aliphatic rings. The molecule has 32 heavy (non-hydrogen) atoms. The van der Waals surface area contributed by atoms with Gasteiger partial charge in [0.05, 0.1) is 23.9 Å². The summed E-state index contributed by atoms with van der Waals surface area (Å²) >= 11 is 1.38. The summed E-state index contributed by atoms with van der Waals surface area (Å²) in [5.74, 6) is -1.34. The Balaban J connectivity index is 1.62. The Kier molecular flexibility index (Phi) is 5.86. The van der Waals surface area contributed by atoms with Gasteiger partial charge in [-0.2, -0.15) is 4.98 Å². The van der Waals surface area contributed by atoms with Gasteiger partial charge in [-0.05, 0) is 38.3 Å². The van der Waals surface area contributed by atoms with Crippen LogP contribution in [-0.4, -0.2) is 50.8 Å². The van der Waals surface area contributed by atoms with Crippen LogP contribution >= 0.6 is 11.3 Å². The Morgan fingerprint density at radius 1 is 1.22 bits per heavy atom. The number of esters is 2. The number of rotatable bonds is 6. The molecule has 166 valence electrons. The summed E-state index contributed by atoms with van der Waals surface area (Å²) in [5.41, 5.74) is 1.80. The van der Waals surface area contributed by atoms with Crippen molar-refractivity contribution in [1.82, 2.24) is 30.2 Å². The largest absolute Gasteiger partial charge is 0.463 e. The Hall–Kier alpha value is -3.80. The lowest BCUT2D eigenvalue weighted by atomic mass is 10.0. The van der Waals surface area contributed by atoms with E-state index in [0.717, 1.165) is 16.3 Å². The number of nitrogens with zero attached hydrogens (tertiary/aromatic N) is 4. The van der Waals surface area contributed by atoms with E-state index in [4.69, 9.17) is 9.47 Å².